The number of sulfonamides is 1. The molecule has 0 N–H and O–H groups in total. The highest BCUT2D eigenvalue weighted by Gasteiger charge is 2.30. The quantitative estimate of drug-likeness (QED) is 0.808. The Hall–Kier alpha value is -1.71. The molecule has 1 aliphatic heterocycles. The van der Waals surface area contributed by atoms with Crippen LogP contribution in [-0.2, 0) is 16.4 Å². The molecule has 0 saturated carbocycles. The zero-order chi connectivity index (χ0) is 18.0. The van der Waals surface area contributed by atoms with E-state index in [0.29, 0.717) is 36.0 Å². The molecule has 0 aromatic carbocycles. The third-order valence-electron chi connectivity index (χ3n) is 4.17. The van der Waals surface area contributed by atoms with Gasteiger partial charge in [0, 0.05) is 37.1 Å². The predicted octanol–water partition coefficient (Wildman–Crippen LogP) is 2.14. The van der Waals surface area contributed by atoms with Crippen molar-refractivity contribution in [1.29, 1.82) is 0 Å². The Morgan fingerprint density at radius 3 is 2.72 bits per heavy atom. The van der Waals surface area contributed by atoms with Crippen LogP contribution < -0.4 is 0 Å². The highest BCUT2D eigenvalue weighted by molar-refractivity contribution is 7.91. The summed E-state index contributed by atoms with van der Waals surface area (Å²) in [6, 6.07) is 5.13. The van der Waals surface area contributed by atoms with Gasteiger partial charge in [0.25, 0.3) is 15.9 Å². The van der Waals surface area contributed by atoms with Gasteiger partial charge in [0.05, 0.1) is 0 Å². The smallest absolute Gasteiger partial charge is 0.276 e. The molecular formula is C16H21N3O4S2. The molecule has 1 amide bonds. The van der Waals surface area contributed by atoms with Crippen molar-refractivity contribution in [2.24, 2.45) is 0 Å². The van der Waals surface area contributed by atoms with Crippen molar-refractivity contribution in [3.8, 4) is 0 Å². The van der Waals surface area contributed by atoms with Crippen molar-refractivity contribution in [1.82, 2.24) is 14.4 Å². The van der Waals surface area contributed by atoms with Crippen LogP contribution in [0.15, 0.2) is 26.9 Å². The Morgan fingerprint density at radius 1 is 1.28 bits per heavy atom. The van der Waals surface area contributed by atoms with Gasteiger partial charge in [0.15, 0.2) is 5.69 Å². The van der Waals surface area contributed by atoms with E-state index < -0.39 is 10.0 Å². The first-order chi connectivity index (χ1) is 11.9. The number of carbonyl (C=O) groups excluding carboxylic acids is 1. The highest BCUT2D eigenvalue weighted by atomic mass is 32.2. The van der Waals surface area contributed by atoms with E-state index in [1.165, 1.54) is 15.6 Å². The molecule has 25 heavy (non-hydrogen) atoms. The summed E-state index contributed by atoms with van der Waals surface area (Å²) in [6.45, 7) is 5.26. The zero-order valence-electron chi connectivity index (χ0n) is 14.3. The normalized spacial score (nSPS) is 16.8. The fourth-order valence-electron chi connectivity index (χ4n) is 2.78. The molecule has 2 aromatic heterocycles. The molecule has 1 saturated heterocycles. The average molecular weight is 383 g/mol. The molecule has 0 spiro atoms. The predicted molar refractivity (Wildman–Crippen MR) is 94.2 cm³/mol. The summed E-state index contributed by atoms with van der Waals surface area (Å²) < 4.78 is 32.4. The van der Waals surface area contributed by atoms with Crippen LogP contribution in [0.2, 0.25) is 0 Å². The van der Waals surface area contributed by atoms with Crippen LogP contribution in [0.3, 0.4) is 0 Å². The van der Waals surface area contributed by atoms with E-state index in [4.69, 9.17) is 4.52 Å². The lowest BCUT2D eigenvalue weighted by atomic mass is 10.3. The number of amides is 1. The number of carbonyl (C=O) groups is 1. The SMILES string of the molecule is CCc1ccc(S(=O)(=O)N2CCCN(C(=O)c3cc(C)on3)CC2)s1. The molecule has 3 rings (SSSR count). The van der Waals surface area contributed by atoms with Crippen molar-refractivity contribution in [3.05, 3.63) is 34.5 Å². The van der Waals surface area contributed by atoms with Gasteiger partial charge < -0.3 is 9.42 Å². The highest BCUT2D eigenvalue weighted by Crippen LogP contribution is 2.26. The van der Waals surface area contributed by atoms with Crippen LogP contribution in [0.5, 0.6) is 0 Å². The van der Waals surface area contributed by atoms with Gasteiger partial charge in [0.1, 0.15) is 9.97 Å². The van der Waals surface area contributed by atoms with Crippen LogP contribution in [0.1, 0.15) is 34.5 Å². The second-order valence-electron chi connectivity index (χ2n) is 5.95. The number of hydrogen-bond donors (Lipinski definition) is 0. The number of aryl methyl sites for hydroxylation is 2. The molecule has 7 nitrogen and oxygen atoms in total. The van der Waals surface area contributed by atoms with E-state index >= 15 is 0 Å². The van der Waals surface area contributed by atoms with Crippen LogP contribution in [0, 0.1) is 6.92 Å². The van der Waals surface area contributed by atoms with Gasteiger partial charge in [-0.05, 0) is 31.9 Å². The minimum atomic E-state index is -3.50. The Bertz CT molecular complexity index is 856. The fourth-order valence-corrected chi connectivity index (χ4v) is 5.70. The molecule has 0 unspecified atom stereocenters. The topological polar surface area (TPSA) is 83.7 Å². The van der Waals surface area contributed by atoms with E-state index in [9.17, 15) is 13.2 Å². The Morgan fingerprint density at radius 2 is 2.08 bits per heavy atom. The molecule has 0 bridgehead atoms. The minimum absolute atomic E-state index is 0.222. The van der Waals surface area contributed by atoms with Gasteiger partial charge in [-0.3, -0.25) is 4.79 Å². The summed E-state index contributed by atoms with van der Waals surface area (Å²) >= 11 is 1.31. The van der Waals surface area contributed by atoms with Gasteiger partial charge in [-0.2, -0.15) is 4.31 Å². The molecule has 0 radical (unpaired) electrons. The zero-order valence-corrected chi connectivity index (χ0v) is 15.9. The lowest BCUT2D eigenvalue weighted by molar-refractivity contribution is 0.0754. The van der Waals surface area contributed by atoms with E-state index in [2.05, 4.69) is 5.16 Å². The van der Waals surface area contributed by atoms with Crippen molar-refractivity contribution in [3.63, 3.8) is 0 Å². The summed E-state index contributed by atoms with van der Waals surface area (Å²) in [6.07, 6.45) is 1.41. The fraction of sp³-hybridized carbons (Fsp3) is 0.500. The van der Waals surface area contributed by atoms with Gasteiger partial charge >= 0.3 is 0 Å². The lowest BCUT2D eigenvalue weighted by Crippen LogP contribution is -2.37. The summed E-state index contributed by atoms with van der Waals surface area (Å²) in [7, 11) is -3.50. The van der Waals surface area contributed by atoms with Crippen LogP contribution in [0.4, 0.5) is 0 Å². The largest absolute Gasteiger partial charge is 0.361 e. The van der Waals surface area contributed by atoms with Crippen LogP contribution in [-0.4, -0.2) is 54.9 Å². The number of hydrogen-bond acceptors (Lipinski definition) is 6. The third-order valence-corrected chi connectivity index (χ3v) is 7.76. The maximum Gasteiger partial charge on any atom is 0.276 e. The number of thiophene rings is 1. The second kappa shape index (κ2) is 7.27. The Kier molecular flexibility index (Phi) is 5.26. The third kappa shape index (κ3) is 3.78. The maximum atomic E-state index is 12.8. The second-order valence-corrected chi connectivity index (χ2v) is 9.28. The first kappa shape index (κ1) is 18.1. The molecule has 2 aromatic rings. The standard InChI is InChI=1S/C16H21N3O4S2/c1-3-13-5-6-15(24-13)25(21,22)19-8-4-7-18(9-10-19)16(20)14-11-12(2)23-17-14/h5-6,11H,3-4,7-10H2,1-2H3. The summed E-state index contributed by atoms with van der Waals surface area (Å²) in [5.41, 5.74) is 0.264. The minimum Gasteiger partial charge on any atom is -0.361 e. The number of aromatic nitrogens is 1. The summed E-state index contributed by atoms with van der Waals surface area (Å²) in [4.78, 5) is 15.2. The molecular weight excluding hydrogens is 362 g/mol. The lowest BCUT2D eigenvalue weighted by Gasteiger charge is -2.20. The monoisotopic (exact) mass is 383 g/mol. The molecule has 9 heteroatoms. The molecule has 136 valence electrons. The Labute approximate surface area is 151 Å². The van der Waals surface area contributed by atoms with Crippen LogP contribution >= 0.6 is 11.3 Å². The maximum absolute atomic E-state index is 12.8. The van der Waals surface area contributed by atoms with Gasteiger partial charge in [-0.25, -0.2) is 8.42 Å². The first-order valence-electron chi connectivity index (χ1n) is 8.23. The van der Waals surface area contributed by atoms with E-state index in [-0.39, 0.29) is 18.1 Å². The van der Waals surface area contributed by atoms with Crippen LogP contribution in [0.25, 0.3) is 0 Å². The van der Waals surface area contributed by atoms with Gasteiger partial charge in [-0.1, -0.05) is 12.1 Å². The van der Waals surface area contributed by atoms with E-state index in [1.54, 1.807) is 24.0 Å². The molecule has 1 fully saturated rings. The molecule has 0 atom stereocenters. The first-order valence-corrected chi connectivity index (χ1v) is 10.5. The van der Waals surface area contributed by atoms with Crippen molar-refractivity contribution < 1.29 is 17.7 Å². The van der Waals surface area contributed by atoms with Crippen molar-refractivity contribution in [2.45, 2.75) is 30.9 Å². The number of nitrogens with zero attached hydrogens (tertiary/aromatic N) is 3. The average Bonchev–Trinajstić information content (AvgIpc) is 3.17. The van der Waals surface area contributed by atoms with E-state index in [0.717, 1.165) is 11.3 Å². The molecule has 3 heterocycles. The van der Waals surface area contributed by atoms with E-state index in [1.807, 2.05) is 13.0 Å². The summed E-state index contributed by atoms with van der Waals surface area (Å²) in [5, 5.41) is 3.75. The summed E-state index contributed by atoms with van der Waals surface area (Å²) in [5.74, 6) is 0.354. The van der Waals surface area contributed by atoms with Crippen molar-refractivity contribution >= 4 is 27.3 Å². The Balaban J connectivity index is 1.71. The van der Waals surface area contributed by atoms with Crippen molar-refractivity contribution in [2.75, 3.05) is 26.2 Å². The van der Waals surface area contributed by atoms with Gasteiger partial charge in [-0.15, -0.1) is 11.3 Å². The van der Waals surface area contributed by atoms with Gasteiger partial charge in [0.2, 0.25) is 0 Å². The number of rotatable bonds is 4. The molecule has 0 aliphatic carbocycles. The molecule has 1 aliphatic rings.